The van der Waals surface area contributed by atoms with E-state index in [2.05, 4.69) is 25.9 Å². The van der Waals surface area contributed by atoms with Crippen molar-refractivity contribution >= 4 is 27.5 Å². The second kappa shape index (κ2) is 6.07. The molecule has 0 atom stereocenters. The molecule has 0 N–H and O–H groups in total. The molecule has 0 aliphatic heterocycles. The van der Waals surface area contributed by atoms with Gasteiger partial charge in [0, 0.05) is 29.1 Å². The zero-order valence-corrected chi connectivity index (χ0v) is 12.9. The first kappa shape index (κ1) is 14.4. The topological polar surface area (TPSA) is 73.6 Å². The van der Waals surface area contributed by atoms with Gasteiger partial charge in [-0.1, -0.05) is 0 Å². The summed E-state index contributed by atoms with van der Waals surface area (Å²) in [5.74, 6) is -0.508. The highest BCUT2D eigenvalue weighted by molar-refractivity contribution is 9.10. The Hall–Kier alpha value is -2.54. The SMILES string of the molecule is O=C(OCc1cc(=O)n2cc(Br)ccc2n1)c1cccnc1. The van der Waals surface area contributed by atoms with Gasteiger partial charge in [-0.25, -0.2) is 9.78 Å². The van der Waals surface area contributed by atoms with Crippen LogP contribution in [0.3, 0.4) is 0 Å². The van der Waals surface area contributed by atoms with E-state index in [1.54, 1.807) is 36.7 Å². The van der Waals surface area contributed by atoms with Gasteiger partial charge in [-0.3, -0.25) is 14.2 Å². The van der Waals surface area contributed by atoms with Crippen molar-refractivity contribution in [2.45, 2.75) is 6.61 Å². The lowest BCUT2D eigenvalue weighted by Crippen LogP contribution is -2.16. The van der Waals surface area contributed by atoms with Crippen LogP contribution in [0.4, 0.5) is 0 Å². The zero-order chi connectivity index (χ0) is 15.5. The molecular weight excluding hydrogens is 350 g/mol. The molecule has 0 spiro atoms. The number of pyridine rings is 2. The lowest BCUT2D eigenvalue weighted by atomic mass is 10.3. The second-order valence-corrected chi connectivity index (χ2v) is 5.39. The largest absolute Gasteiger partial charge is 0.456 e. The minimum absolute atomic E-state index is 0.0739. The van der Waals surface area contributed by atoms with E-state index in [9.17, 15) is 9.59 Å². The summed E-state index contributed by atoms with van der Waals surface area (Å²) in [6.45, 7) is -0.0739. The summed E-state index contributed by atoms with van der Waals surface area (Å²) in [7, 11) is 0. The van der Waals surface area contributed by atoms with Gasteiger partial charge in [0.1, 0.15) is 12.3 Å². The van der Waals surface area contributed by atoms with Crippen molar-refractivity contribution in [1.29, 1.82) is 0 Å². The van der Waals surface area contributed by atoms with Gasteiger partial charge >= 0.3 is 5.97 Å². The Morgan fingerprint density at radius 1 is 1.32 bits per heavy atom. The molecule has 0 saturated carbocycles. The number of carbonyl (C=O) groups is 1. The minimum atomic E-state index is -0.508. The van der Waals surface area contributed by atoms with Crippen LogP contribution in [-0.2, 0) is 11.3 Å². The summed E-state index contributed by atoms with van der Waals surface area (Å²) in [6, 6.07) is 8.09. The second-order valence-electron chi connectivity index (χ2n) is 4.48. The van der Waals surface area contributed by atoms with Gasteiger partial charge in [-0.2, -0.15) is 0 Å². The fourth-order valence-corrected chi connectivity index (χ4v) is 2.24. The zero-order valence-electron chi connectivity index (χ0n) is 11.3. The van der Waals surface area contributed by atoms with E-state index >= 15 is 0 Å². The number of carbonyl (C=O) groups excluding carboxylic acids is 1. The molecule has 0 aromatic carbocycles. The first-order valence-electron chi connectivity index (χ1n) is 6.38. The maximum absolute atomic E-state index is 12.0. The molecule has 7 heteroatoms. The third kappa shape index (κ3) is 3.04. The lowest BCUT2D eigenvalue weighted by Gasteiger charge is -2.06. The fraction of sp³-hybridized carbons (Fsp3) is 0.0667. The number of fused-ring (bicyclic) bond motifs is 1. The summed E-state index contributed by atoms with van der Waals surface area (Å²) in [4.78, 5) is 32.0. The van der Waals surface area contributed by atoms with E-state index in [-0.39, 0.29) is 12.2 Å². The van der Waals surface area contributed by atoms with Crippen molar-refractivity contribution in [3.05, 3.63) is 75.0 Å². The molecule has 0 amide bonds. The Balaban J connectivity index is 1.81. The molecule has 0 saturated heterocycles. The average Bonchev–Trinajstić information content (AvgIpc) is 2.54. The number of rotatable bonds is 3. The summed E-state index contributed by atoms with van der Waals surface area (Å²) in [5, 5.41) is 0. The van der Waals surface area contributed by atoms with Crippen LogP contribution in [0.15, 0.2) is 58.2 Å². The number of nitrogens with zero attached hydrogens (tertiary/aromatic N) is 3. The quantitative estimate of drug-likeness (QED) is 0.670. The molecule has 3 aromatic heterocycles. The van der Waals surface area contributed by atoms with Gasteiger partial charge in [0.15, 0.2) is 0 Å². The maximum atomic E-state index is 12.0. The fourth-order valence-electron chi connectivity index (χ4n) is 1.91. The van der Waals surface area contributed by atoms with Crippen molar-refractivity contribution in [2.75, 3.05) is 0 Å². The molecule has 3 rings (SSSR count). The molecule has 3 aromatic rings. The Kier molecular flexibility index (Phi) is 3.97. The maximum Gasteiger partial charge on any atom is 0.340 e. The Labute approximate surface area is 133 Å². The van der Waals surface area contributed by atoms with Crippen LogP contribution < -0.4 is 5.56 Å². The smallest absolute Gasteiger partial charge is 0.340 e. The van der Waals surface area contributed by atoms with Crippen molar-refractivity contribution in [1.82, 2.24) is 14.4 Å². The number of hydrogen-bond donors (Lipinski definition) is 0. The predicted molar refractivity (Wildman–Crippen MR) is 82.5 cm³/mol. The van der Waals surface area contributed by atoms with Crippen LogP contribution >= 0.6 is 15.9 Å². The van der Waals surface area contributed by atoms with Crippen LogP contribution in [0.5, 0.6) is 0 Å². The van der Waals surface area contributed by atoms with Crippen LogP contribution in [0.1, 0.15) is 16.1 Å². The molecule has 110 valence electrons. The molecule has 0 aliphatic rings. The van der Waals surface area contributed by atoms with Crippen molar-refractivity contribution in [2.24, 2.45) is 0 Å². The van der Waals surface area contributed by atoms with E-state index in [0.29, 0.717) is 16.9 Å². The molecule has 0 radical (unpaired) electrons. The number of esters is 1. The number of ether oxygens (including phenoxy) is 1. The third-order valence-corrected chi connectivity index (χ3v) is 3.39. The Morgan fingerprint density at radius 2 is 2.18 bits per heavy atom. The van der Waals surface area contributed by atoms with Gasteiger partial charge in [0.25, 0.3) is 5.56 Å². The van der Waals surface area contributed by atoms with Gasteiger partial charge < -0.3 is 4.74 Å². The molecule has 22 heavy (non-hydrogen) atoms. The normalized spacial score (nSPS) is 10.6. The molecule has 0 aliphatic carbocycles. The summed E-state index contributed by atoms with van der Waals surface area (Å²) in [6.07, 6.45) is 4.62. The lowest BCUT2D eigenvalue weighted by molar-refractivity contribution is 0.0467. The first-order valence-corrected chi connectivity index (χ1v) is 7.18. The number of halogens is 1. The number of aromatic nitrogens is 3. The monoisotopic (exact) mass is 359 g/mol. The molecule has 0 unspecified atom stereocenters. The molecular formula is C15H10BrN3O3. The summed E-state index contributed by atoms with van der Waals surface area (Å²) in [5.41, 5.74) is 0.996. The van der Waals surface area contributed by atoms with Crippen LogP contribution in [0, 0.1) is 0 Å². The van der Waals surface area contributed by atoms with Crippen LogP contribution in [0.2, 0.25) is 0 Å². The predicted octanol–water partition coefficient (Wildman–Crippen LogP) is 2.21. The highest BCUT2D eigenvalue weighted by atomic mass is 79.9. The van der Waals surface area contributed by atoms with Gasteiger partial charge in [-0.05, 0) is 40.2 Å². The Morgan fingerprint density at radius 3 is 2.95 bits per heavy atom. The van der Waals surface area contributed by atoms with E-state index < -0.39 is 5.97 Å². The highest BCUT2D eigenvalue weighted by Gasteiger charge is 2.09. The highest BCUT2D eigenvalue weighted by Crippen LogP contribution is 2.10. The first-order chi connectivity index (χ1) is 10.6. The van der Waals surface area contributed by atoms with E-state index in [0.717, 1.165) is 4.47 Å². The summed E-state index contributed by atoms with van der Waals surface area (Å²) >= 11 is 3.30. The van der Waals surface area contributed by atoms with Gasteiger partial charge in [0.2, 0.25) is 0 Å². The van der Waals surface area contributed by atoms with E-state index in [4.69, 9.17) is 4.74 Å². The summed E-state index contributed by atoms with van der Waals surface area (Å²) < 4.78 is 7.33. The third-order valence-electron chi connectivity index (χ3n) is 2.92. The van der Waals surface area contributed by atoms with E-state index in [1.807, 2.05) is 0 Å². The van der Waals surface area contributed by atoms with Gasteiger partial charge in [0.05, 0.1) is 11.3 Å². The van der Waals surface area contributed by atoms with Crippen LogP contribution in [0.25, 0.3) is 5.65 Å². The standard InChI is InChI=1S/C15H10BrN3O3/c16-11-3-4-13-18-12(6-14(20)19(13)8-11)9-22-15(21)10-2-1-5-17-7-10/h1-8H,9H2. The molecule has 6 nitrogen and oxygen atoms in total. The van der Waals surface area contributed by atoms with Crippen molar-refractivity contribution in [3.63, 3.8) is 0 Å². The molecule has 0 fully saturated rings. The molecule has 0 bridgehead atoms. The van der Waals surface area contributed by atoms with Gasteiger partial charge in [-0.15, -0.1) is 0 Å². The molecule has 3 heterocycles. The number of hydrogen-bond acceptors (Lipinski definition) is 5. The average molecular weight is 360 g/mol. The van der Waals surface area contributed by atoms with Crippen molar-refractivity contribution < 1.29 is 9.53 Å². The minimum Gasteiger partial charge on any atom is -0.456 e. The van der Waals surface area contributed by atoms with E-state index in [1.165, 1.54) is 16.7 Å². The van der Waals surface area contributed by atoms with Crippen LogP contribution in [-0.4, -0.2) is 20.3 Å². The van der Waals surface area contributed by atoms with Crippen molar-refractivity contribution in [3.8, 4) is 0 Å². The Bertz CT molecular complexity index is 893.